The molecular formula is C52H48AuCl3P4. The molecule has 0 fully saturated rings. The van der Waals surface area contributed by atoms with Gasteiger partial charge in [0.05, 0.1) is 0 Å². The average molecular weight is 1100 g/mol. The molecule has 8 aromatic carbocycles. The van der Waals surface area contributed by atoms with Gasteiger partial charge in [0.2, 0.25) is 0 Å². The Bertz CT molecular complexity index is 1770. The molecule has 60 heavy (non-hydrogen) atoms. The monoisotopic (exact) mass is 1100 g/mol. The van der Waals surface area contributed by atoms with Gasteiger partial charge in [0.15, 0.2) is 0 Å². The molecule has 0 nitrogen and oxygen atoms in total. The zero-order valence-electron chi connectivity index (χ0n) is 33.1. The summed E-state index contributed by atoms with van der Waals surface area (Å²) in [6.07, 6.45) is 4.83. The molecule has 0 heterocycles. The van der Waals surface area contributed by atoms with Crippen LogP contribution in [0.1, 0.15) is 0 Å². The van der Waals surface area contributed by atoms with Gasteiger partial charge in [0, 0.05) is 0 Å². The first-order chi connectivity index (χ1) is 27.8. The van der Waals surface area contributed by atoms with E-state index in [-0.39, 0.29) is 91.3 Å². The van der Waals surface area contributed by atoms with Crippen LogP contribution in [0.4, 0.5) is 0 Å². The van der Waals surface area contributed by atoms with E-state index in [1.54, 1.807) is 0 Å². The number of benzene rings is 8. The van der Waals surface area contributed by atoms with Crippen LogP contribution in [0.2, 0.25) is 0 Å². The van der Waals surface area contributed by atoms with Crippen LogP contribution in [0.15, 0.2) is 243 Å². The van der Waals surface area contributed by atoms with Gasteiger partial charge in [-0.1, -0.05) is 243 Å². The maximum atomic E-state index is 2.30. The molecule has 0 spiro atoms. The van der Waals surface area contributed by atoms with Crippen molar-refractivity contribution in [2.24, 2.45) is 0 Å². The van der Waals surface area contributed by atoms with Crippen LogP contribution in [0, 0.1) is 0 Å². The van der Waals surface area contributed by atoms with E-state index in [4.69, 9.17) is 0 Å². The van der Waals surface area contributed by atoms with Crippen LogP contribution in [0.25, 0.3) is 0 Å². The third kappa shape index (κ3) is 15.2. The zero-order chi connectivity index (χ0) is 38.0. The molecule has 0 aliphatic rings. The Kier molecular flexibility index (Phi) is 24.6. The SMILES string of the molecule is [Au+3].[Cl-].[Cl-].[Cl-].c1ccc(P(CCP(c2ccccc2)c2ccccc2)c2ccccc2)cc1.c1ccc(P(CCP(c2ccccc2)c2ccccc2)c2ccccc2)cc1. The summed E-state index contributed by atoms with van der Waals surface area (Å²) >= 11 is 0. The van der Waals surface area contributed by atoms with Crippen molar-refractivity contribution in [3.05, 3.63) is 243 Å². The van der Waals surface area contributed by atoms with Crippen LogP contribution in [-0.4, -0.2) is 24.6 Å². The maximum absolute atomic E-state index is 2.30. The van der Waals surface area contributed by atoms with Gasteiger partial charge in [-0.2, -0.15) is 0 Å². The largest absolute Gasteiger partial charge is 3.00 e. The standard InChI is InChI=1S/2C26H24P2.Au.3ClH/c2*1-5-13-23(14-6-1)27(24-15-7-2-8-16-24)21-22-28(25-17-9-3-10-18-25)26-19-11-4-12-20-26;;;;/h2*1-20H,21-22H2;;3*1H/q;;+3;;;/p-3. The second-order valence-corrected chi connectivity index (χ2v) is 22.6. The van der Waals surface area contributed by atoms with Gasteiger partial charge < -0.3 is 37.2 Å². The van der Waals surface area contributed by atoms with Crippen molar-refractivity contribution in [2.45, 2.75) is 0 Å². The molecule has 8 heteroatoms. The van der Waals surface area contributed by atoms with Crippen LogP contribution in [0.3, 0.4) is 0 Å². The van der Waals surface area contributed by atoms with Gasteiger partial charge in [-0.15, -0.1) is 0 Å². The molecule has 8 aromatic rings. The minimum Gasteiger partial charge on any atom is -1.00 e. The fourth-order valence-corrected chi connectivity index (χ4v) is 17.6. The summed E-state index contributed by atoms with van der Waals surface area (Å²) in [7, 11) is -1.39. The van der Waals surface area contributed by atoms with E-state index in [0.717, 1.165) is 0 Å². The number of rotatable bonds is 14. The number of hydrogen-bond acceptors (Lipinski definition) is 0. The second kappa shape index (κ2) is 28.6. The number of halogens is 3. The van der Waals surface area contributed by atoms with Gasteiger partial charge in [0.25, 0.3) is 0 Å². The minimum absolute atomic E-state index is 0. The van der Waals surface area contributed by atoms with Crippen molar-refractivity contribution in [2.75, 3.05) is 24.6 Å². The van der Waals surface area contributed by atoms with E-state index in [2.05, 4.69) is 243 Å². The van der Waals surface area contributed by atoms with Gasteiger partial charge in [-0.05, 0) is 98.8 Å². The predicted molar refractivity (Wildman–Crippen MR) is 256 cm³/mol. The van der Waals surface area contributed by atoms with Crippen molar-refractivity contribution in [1.82, 2.24) is 0 Å². The molecule has 308 valence electrons. The van der Waals surface area contributed by atoms with Crippen molar-refractivity contribution in [3.8, 4) is 0 Å². The van der Waals surface area contributed by atoms with Gasteiger partial charge in [0.1, 0.15) is 0 Å². The maximum Gasteiger partial charge on any atom is 3.00 e. The molecule has 0 saturated heterocycles. The van der Waals surface area contributed by atoms with Crippen LogP contribution < -0.4 is 79.7 Å². The molecule has 8 rings (SSSR count). The first kappa shape index (κ1) is 51.4. The molecular weight excluding hydrogens is 1050 g/mol. The van der Waals surface area contributed by atoms with Crippen molar-refractivity contribution in [1.29, 1.82) is 0 Å². The third-order valence-corrected chi connectivity index (χ3v) is 20.4. The van der Waals surface area contributed by atoms with E-state index in [0.29, 0.717) is 0 Å². The normalized spacial score (nSPS) is 10.3. The molecule has 0 amide bonds. The fraction of sp³-hybridized carbons (Fsp3) is 0.0769. The summed E-state index contributed by atoms with van der Waals surface area (Å²) in [4.78, 5) is 0. The Morgan fingerprint density at radius 2 is 0.283 bits per heavy atom. The fourth-order valence-electron chi connectivity index (χ4n) is 6.89. The minimum atomic E-state index is -0.348. The van der Waals surface area contributed by atoms with E-state index in [1.165, 1.54) is 67.1 Å². The van der Waals surface area contributed by atoms with E-state index >= 15 is 0 Å². The molecule has 0 aromatic heterocycles. The molecule has 0 bridgehead atoms. The average Bonchev–Trinajstić information content (AvgIpc) is 3.29. The Hall–Kier alpha value is -2.91. The molecule has 0 atom stereocenters. The summed E-state index contributed by atoms with van der Waals surface area (Å²) in [6, 6.07) is 88.4. The summed E-state index contributed by atoms with van der Waals surface area (Å²) < 4.78 is 0. The van der Waals surface area contributed by atoms with Crippen LogP contribution in [-0.2, 0) is 22.4 Å². The Labute approximate surface area is 397 Å². The van der Waals surface area contributed by atoms with E-state index in [1.807, 2.05) is 0 Å². The molecule has 0 unspecified atom stereocenters. The molecule has 0 saturated carbocycles. The van der Waals surface area contributed by atoms with Gasteiger partial charge in [-0.3, -0.25) is 0 Å². The van der Waals surface area contributed by atoms with E-state index < -0.39 is 0 Å². The van der Waals surface area contributed by atoms with Crippen molar-refractivity contribution >= 4 is 74.1 Å². The van der Waals surface area contributed by atoms with Crippen molar-refractivity contribution in [3.63, 3.8) is 0 Å². The Balaban J connectivity index is 0.000000300. The Morgan fingerprint density at radius 3 is 0.383 bits per heavy atom. The molecule has 0 radical (unpaired) electrons. The molecule has 0 aliphatic carbocycles. The Morgan fingerprint density at radius 1 is 0.183 bits per heavy atom. The summed E-state index contributed by atoms with van der Waals surface area (Å²) in [5.74, 6) is 0. The van der Waals surface area contributed by atoms with Crippen LogP contribution in [0.5, 0.6) is 0 Å². The topological polar surface area (TPSA) is 0 Å². The number of hydrogen-bond donors (Lipinski definition) is 0. The van der Waals surface area contributed by atoms with Crippen molar-refractivity contribution < 1.29 is 59.6 Å². The summed E-state index contributed by atoms with van der Waals surface area (Å²) in [5.41, 5.74) is 0. The second-order valence-electron chi connectivity index (χ2n) is 13.3. The quantitative estimate of drug-likeness (QED) is 0.115. The molecule has 0 N–H and O–H groups in total. The van der Waals surface area contributed by atoms with Gasteiger partial charge in [-0.25, -0.2) is 0 Å². The summed E-state index contributed by atoms with van der Waals surface area (Å²) in [5, 5.41) is 11.8. The first-order valence-electron chi connectivity index (χ1n) is 19.3. The molecule has 0 aliphatic heterocycles. The first-order valence-corrected chi connectivity index (χ1v) is 25.4. The third-order valence-electron chi connectivity index (χ3n) is 9.64. The van der Waals surface area contributed by atoms with Gasteiger partial charge >= 0.3 is 22.4 Å². The zero-order valence-corrected chi connectivity index (χ0v) is 41.2. The summed E-state index contributed by atoms with van der Waals surface area (Å²) in [6.45, 7) is 0. The smallest absolute Gasteiger partial charge is 1.00 e. The predicted octanol–water partition coefficient (Wildman–Crippen LogP) is 1.51. The van der Waals surface area contributed by atoms with E-state index in [9.17, 15) is 0 Å². The van der Waals surface area contributed by atoms with Crippen LogP contribution >= 0.6 is 31.7 Å².